The van der Waals surface area contributed by atoms with E-state index >= 15 is 0 Å². The van der Waals surface area contributed by atoms with Crippen molar-refractivity contribution in [2.45, 2.75) is 26.0 Å². The van der Waals surface area contributed by atoms with Crippen molar-refractivity contribution in [2.75, 3.05) is 6.61 Å². The van der Waals surface area contributed by atoms with E-state index in [2.05, 4.69) is 5.43 Å². The summed E-state index contributed by atoms with van der Waals surface area (Å²) < 4.78 is 10.6. The van der Waals surface area contributed by atoms with Crippen molar-refractivity contribution in [1.82, 2.24) is 5.43 Å². The van der Waals surface area contributed by atoms with Crippen LogP contribution in [-0.4, -0.2) is 12.7 Å². The largest absolute Gasteiger partial charge is 0.448 e. The summed E-state index contributed by atoms with van der Waals surface area (Å²) in [4.78, 5) is 0. The lowest BCUT2D eigenvalue weighted by molar-refractivity contribution is 0.0568. The standard InChI is InChI=1S/C9H15ClN2O2/c1-6(2)13-5-7(12-11)8-3-4-9(10)14-8/h3-4,6-7,12H,5,11H2,1-2H3. The minimum Gasteiger partial charge on any atom is -0.448 e. The van der Waals surface area contributed by atoms with Crippen LogP contribution in [0.4, 0.5) is 0 Å². The highest BCUT2D eigenvalue weighted by molar-refractivity contribution is 6.28. The zero-order valence-electron chi connectivity index (χ0n) is 8.29. The summed E-state index contributed by atoms with van der Waals surface area (Å²) in [6.07, 6.45) is 0.163. The number of ether oxygens (including phenoxy) is 1. The van der Waals surface area contributed by atoms with Crippen molar-refractivity contribution in [2.24, 2.45) is 5.84 Å². The van der Waals surface area contributed by atoms with E-state index in [9.17, 15) is 0 Å². The predicted molar refractivity (Wildman–Crippen MR) is 54.9 cm³/mol. The van der Waals surface area contributed by atoms with Crippen LogP contribution >= 0.6 is 11.6 Å². The van der Waals surface area contributed by atoms with Gasteiger partial charge in [-0.1, -0.05) is 0 Å². The molecule has 1 aromatic heterocycles. The molecule has 0 fully saturated rings. The third-order valence-electron chi connectivity index (χ3n) is 1.73. The molecular weight excluding hydrogens is 204 g/mol. The normalized spacial score (nSPS) is 13.5. The molecule has 14 heavy (non-hydrogen) atoms. The Kier molecular flexibility index (Phi) is 4.41. The highest BCUT2D eigenvalue weighted by Crippen LogP contribution is 2.19. The summed E-state index contributed by atoms with van der Waals surface area (Å²) in [5, 5.41) is 0.352. The molecule has 0 amide bonds. The number of hydrazine groups is 1. The number of hydrogen-bond donors (Lipinski definition) is 2. The molecule has 0 bridgehead atoms. The van der Waals surface area contributed by atoms with Crippen molar-refractivity contribution in [3.05, 3.63) is 23.1 Å². The van der Waals surface area contributed by atoms with Gasteiger partial charge in [-0.25, -0.2) is 5.43 Å². The molecule has 5 heteroatoms. The number of nitrogens with one attached hydrogen (secondary N) is 1. The zero-order chi connectivity index (χ0) is 10.6. The lowest BCUT2D eigenvalue weighted by Crippen LogP contribution is -2.31. The average molecular weight is 219 g/mol. The van der Waals surface area contributed by atoms with Crippen LogP contribution in [0.25, 0.3) is 0 Å². The number of nitrogens with two attached hydrogens (primary N) is 1. The first-order valence-electron chi connectivity index (χ1n) is 4.46. The van der Waals surface area contributed by atoms with Gasteiger partial charge in [0.25, 0.3) is 0 Å². The minimum absolute atomic E-state index is 0.162. The Morgan fingerprint density at radius 1 is 1.57 bits per heavy atom. The molecule has 0 aliphatic carbocycles. The first-order valence-corrected chi connectivity index (χ1v) is 4.84. The first-order chi connectivity index (χ1) is 6.63. The van der Waals surface area contributed by atoms with Crippen LogP contribution in [0, 0.1) is 0 Å². The van der Waals surface area contributed by atoms with E-state index in [1.807, 2.05) is 13.8 Å². The summed E-state index contributed by atoms with van der Waals surface area (Å²) in [5.41, 5.74) is 2.61. The third-order valence-corrected chi connectivity index (χ3v) is 1.94. The molecular formula is C9H15ClN2O2. The molecule has 0 radical (unpaired) electrons. The summed E-state index contributed by atoms with van der Waals surface area (Å²) >= 11 is 5.65. The Bertz CT molecular complexity index is 276. The van der Waals surface area contributed by atoms with E-state index in [0.717, 1.165) is 0 Å². The van der Waals surface area contributed by atoms with Crippen LogP contribution in [0.3, 0.4) is 0 Å². The van der Waals surface area contributed by atoms with Crippen LogP contribution in [-0.2, 0) is 4.74 Å². The average Bonchev–Trinajstić information content (AvgIpc) is 2.53. The van der Waals surface area contributed by atoms with Gasteiger partial charge in [0.2, 0.25) is 0 Å². The van der Waals surface area contributed by atoms with E-state index < -0.39 is 0 Å². The Balaban J connectivity index is 2.54. The van der Waals surface area contributed by atoms with Crippen LogP contribution in [0.15, 0.2) is 16.5 Å². The van der Waals surface area contributed by atoms with Crippen molar-refractivity contribution in [1.29, 1.82) is 0 Å². The van der Waals surface area contributed by atoms with Gasteiger partial charge >= 0.3 is 0 Å². The maximum absolute atomic E-state index is 5.65. The Morgan fingerprint density at radius 2 is 2.29 bits per heavy atom. The van der Waals surface area contributed by atoms with E-state index in [1.54, 1.807) is 12.1 Å². The molecule has 0 spiro atoms. The van der Waals surface area contributed by atoms with Crippen LogP contribution in [0.5, 0.6) is 0 Å². The van der Waals surface area contributed by atoms with Crippen molar-refractivity contribution in [3.8, 4) is 0 Å². The fourth-order valence-corrected chi connectivity index (χ4v) is 1.17. The number of hydrogen-bond acceptors (Lipinski definition) is 4. The van der Waals surface area contributed by atoms with E-state index in [0.29, 0.717) is 17.6 Å². The number of furan rings is 1. The molecule has 0 aliphatic heterocycles. The van der Waals surface area contributed by atoms with Crippen LogP contribution < -0.4 is 11.3 Å². The molecule has 3 N–H and O–H groups in total. The second-order valence-corrected chi connectivity index (χ2v) is 3.62. The van der Waals surface area contributed by atoms with Crippen molar-refractivity contribution < 1.29 is 9.15 Å². The molecule has 1 atom stereocenters. The van der Waals surface area contributed by atoms with Gasteiger partial charge in [0.1, 0.15) is 11.8 Å². The fourth-order valence-electron chi connectivity index (χ4n) is 1.02. The van der Waals surface area contributed by atoms with Gasteiger partial charge in [-0.2, -0.15) is 0 Å². The van der Waals surface area contributed by atoms with Gasteiger partial charge < -0.3 is 9.15 Å². The van der Waals surface area contributed by atoms with Crippen LogP contribution in [0.1, 0.15) is 25.6 Å². The molecule has 0 aliphatic rings. The summed E-state index contributed by atoms with van der Waals surface area (Å²) in [6.45, 7) is 4.38. The fraction of sp³-hybridized carbons (Fsp3) is 0.556. The van der Waals surface area contributed by atoms with E-state index in [1.165, 1.54) is 0 Å². The molecule has 1 heterocycles. The highest BCUT2D eigenvalue weighted by atomic mass is 35.5. The smallest absolute Gasteiger partial charge is 0.193 e. The molecule has 80 valence electrons. The Morgan fingerprint density at radius 3 is 2.71 bits per heavy atom. The van der Waals surface area contributed by atoms with Crippen LogP contribution in [0.2, 0.25) is 5.22 Å². The molecule has 0 aromatic carbocycles. The van der Waals surface area contributed by atoms with Gasteiger partial charge in [0.15, 0.2) is 5.22 Å². The molecule has 0 saturated heterocycles. The second kappa shape index (κ2) is 5.36. The van der Waals surface area contributed by atoms with Gasteiger partial charge in [0, 0.05) is 0 Å². The molecule has 1 rings (SSSR count). The van der Waals surface area contributed by atoms with Gasteiger partial charge in [-0.3, -0.25) is 5.84 Å². The highest BCUT2D eigenvalue weighted by Gasteiger charge is 2.14. The lowest BCUT2D eigenvalue weighted by Gasteiger charge is -2.15. The van der Waals surface area contributed by atoms with Gasteiger partial charge in [0.05, 0.1) is 12.7 Å². The van der Waals surface area contributed by atoms with Gasteiger partial charge in [-0.05, 0) is 37.6 Å². The Hall–Kier alpha value is -0.550. The SMILES string of the molecule is CC(C)OCC(NN)c1ccc(Cl)o1. The van der Waals surface area contributed by atoms with Crippen molar-refractivity contribution in [3.63, 3.8) is 0 Å². The third kappa shape index (κ3) is 3.31. The predicted octanol–water partition coefficient (Wildman–Crippen LogP) is 1.86. The maximum Gasteiger partial charge on any atom is 0.193 e. The topological polar surface area (TPSA) is 60.4 Å². The van der Waals surface area contributed by atoms with Crippen molar-refractivity contribution >= 4 is 11.6 Å². The molecule has 1 aromatic rings. The monoisotopic (exact) mass is 218 g/mol. The minimum atomic E-state index is -0.162. The second-order valence-electron chi connectivity index (χ2n) is 3.24. The molecule has 0 saturated carbocycles. The zero-order valence-corrected chi connectivity index (χ0v) is 9.04. The quantitative estimate of drug-likeness (QED) is 0.585. The lowest BCUT2D eigenvalue weighted by atomic mass is 10.2. The van der Waals surface area contributed by atoms with E-state index in [-0.39, 0.29) is 12.1 Å². The number of halogens is 1. The van der Waals surface area contributed by atoms with E-state index in [4.69, 9.17) is 26.6 Å². The molecule has 4 nitrogen and oxygen atoms in total. The summed E-state index contributed by atoms with van der Waals surface area (Å²) in [7, 11) is 0. The molecule has 1 unspecified atom stereocenters. The summed E-state index contributed by atoms with van der Waals surface area (Å²) in [6, 6.07) is 3.29. The number of rotatable bonds is 5. The van der Waals surface area contributed by atoms with Gasteiger partial charge in [-0.15, -0.1) is 0 Å². The maximum atomic E-state index is 5.65. The Labute approximate surface area is 88.3 Å². The first kappa shape index (κ1) is 11.5. The summed E-state index contributed by atoms with van der Waals surface area (Å²) in [5.74, 6) is 6.05.